The first kappa shape index (κ1) is 20.0. The Morgan fingerprint density at radius 1 is 0.897 bits per heavy atom. The van der Waals surface area contributed by atoms with Crippen molar-refractivity contribution in [1.82, 2.24) is 4.41 Å². The largest absolute Gasteiger partial charge is 0.279 e. The molecule has 0 radical (unpaired) electrons. The molecular weight excluding hydrogens is 427 g/mol. The number of nitrogens with zero attached hydrogens (tertiary/aromatic N) is 2. The van der Waals surface area contributed by atoms with Crippen LogP contribution >= 0.6 is 23.2 Å². The Morgan fingerprint density at radius 3 is 2.21 bits per heavy atom. The minimum absolute atomic E-state index is 0.223. The molecule has 0 fully saturated rings. The zero-order valence-electron chi connectivity index (χ0n) is 15.6. The summed E-state index contributed by atoms with van der Waals surface area (Å²) in [4.78, 5) is 0.223. The third-order valence-corrected chi connectivity index (χ3v) is 7.46. The molecule has 0 saturated heterocycles. The van der Waals surface area contributed by atoms with Crippen LogP contribution < -0.4 is 0 Å². The molecule has 0 N–H and O–H groups in total. The quantitative estimate of drug-likeness (QED) is 0.507. The van der Waals surface area contributed by atoms with E-state index in [1.54, 1.807) is 37.3 Å². The maximum Gasteiger partial charge on any atom is 0.279 e. The van der Waals surface area contributed by atoms with Gasteiger partial charge in [0.15, 0.2) is 0 Å². The number of hydrogen-bond acceptors (Lipinski definition) is 3. The van der Waals surface area contributed by atoms with E-state index in [1.807, 2.05) is 42.5 Å². The summed E-state index contributed by atoms with van der Waals surface area (Å²) in [6.07, 6.45) is 0.374. The van der Waals surface area contributed by atoms with Crippen molar-refractivity contribution in [1.29, 1.82) is 0 Å². The summed E-state index contributed by atoms with van der Waals surface area (Å²) in [7, 11) is -3.89. The molecule has 3 aromatic rings. The Balaban J connectivity index is 1.87. The van der Waals surface area contributed by atoms with E-state index in [0.29, 0.717) is 38.9 Å². The summed E-state index contributed by atoms with van der Waals surface area (Å²) < 4.78 is 28.3. The van der Waals surface area contributed by atoms with E-state index < -0.39 is 16.1 Å². The van der Waals surface area contributed by atoms with Crippen molar-refractivity contribution in [2.24, 2.45) is 5.10 Å². The van der Waals surface area contributed by atoms with Crippen LogP contribution in [0.3, 0.4) is 0 Å². The minimum Gasteiger partial charge on any atom is -0.200 e. The van der Waals surface area contributed by atoms with Crippen LogP contribution in [0.2, 0.25) is 10.0 Å². The van der Waals surface area contributed by atoms with Crippen molar-refractivity contribution < 1.29 is 8.42 Å². The van der Waals surface area contributed by atoms with Gasteiger partial charge in [0.1, 0.15) is 0 Å². The van der Waals surface area contributed by atoms with E-state index in [-0.39, 0.29) is 4.90 Å². The fraction of sp³-hybridized carbons (Fsp3) is 0.136. The molecule has 29 heavy (non-hydrogen) atoms. The van der Waals surface area contributed by atoms with Crippen molar-refractivity contribution in [3.8, 4) is 0 Å². The van der Waals surface area contributed by atoms with E-state index in [2.05, 4.69) is 5.10 Å². The maximum absolute atomic E-state index is 13.6. The molecule has 0 bridgehead atoms. The van der Waals surface area contributed by atoms with E-state index in [0.717, 1.165) is 0 Å². The second kappa shape index (κ2) is 7.82. The second-order valence-electron chi connectivity index (χ2n) is 6.81. The highest BCUT2D eigenvalue weighted by atomic mass is 35.5. The van der Waals surface area contributed by atoms with Gasteiger partial charge >= 0.3 is 0 Å². The van der Waals surface area contributed by atoms with Crippen LogP contribution in [0, 0.1) is 6.92 Å². The Bertz CT molecular complexity index is 1210. The van der Waals surface area contributed by atoms with E-state index in [4.69, 9.17) is 23.2 Å². The number of halogens is 2. The number of benzene rings is 3. The Morgan fingerprint density at radius 2 is 1.52 bits per heavy atom. The Hall–Kier alpha value is -2.34. The van der Waals surface area contributed by atoms with Gasteiger partial charge in [-0.2, -0.15) is 17.9 Å². The van der Waals surface area contributed by atoms with Crippen LogP contribution in [-0.2, 0) is 10.0 Å². The standard InChI is InChI=1S/C22H18Cl2N2O2S/c1-15-8-2-7-13-22(15)29(27,28)26-21(17-10-4-6-12-19(17)24)14-20(25-26)16-9-3-5-11-18(16)23/h2-13,21H,14H2,1H3/t21-/m1/s1. The molecule has 0 unspecified atom stereocenters. The first-order valence-corrected chi connectivity index (χ1v) is 11.3. The number of hydrogen-bond donors (Lipinski definition) is 0. The molecule has 4 rings (SSSR count). The molecule has 1 atom stereocenters. The van der Waals surface area contributed by atoms with Crippen molar-refractivity contribution in [2.75, 3.05) is 0 Å². The van der Waals surface area contributed by atoms with Crippen molar-refractivity contribution in [3.05, 3.63) is 99.5 Å². The average Bonchev–Trinajstić information content (AvgIpc) is 3.15. The fourth-order valence-corrected chi connectivity index (χ4v) is 5.65. The van der Waals surface area contributed by atoms with E-state index in [9.17, 15) is 8.42 Å². The number of hydrazone groups is 1. The van der Waals surface area contributed by atoms with E-state index >= 15 is 0 Å². The summed E-state index contributed by atoms with van der Waals surface area (Å²) >= 11 is 12.8. The normalized spacial score (nSPS) is 16.7. The molecular formula is C22H18Cl2N2O2S. The molecule has 1 aliphatic rings. The molecule has 1 aliphatic heterocycles. The molecule has 148 valence electrons. The summed E-state index contributed by atoms with van der Waals surface area (Å²) in [5.74, 6) is 0. The monoisotopic (exact) mass is 444 g/mol. The van der Waals surface area contributed by atoms with Gasteiger partial charge in [-0.25, -0.2) is 0 Å². The zero-order chi connectivity index (χ0) is 20.6. The van der Waals surface area contributed by atoms with E-state index in [1.165, 1.54) is 4.41 Å². The Labute approximate surface area is 180 Å². The third-order valence-electron chi connectivity index (χ3n) is 4.94. The lowest BCUT2D eigenvalue weighted by atomic mass is 9.99. The van der Waals surface area contributed by atoms with Crippen LogP contribution in [0.5, 0.6) is 0 Å². The van der Waals surface area contributed by atoms with Crippen molar-refractivity contribution in [2.45, 2.75) is 24.3 Å². The third kappa shape index (κ3) is 3.66. The predicted molar refractivity (Wildman–Crippen MR) is 117 cm³/mol. The zero-order valence-corrected chi connectivity index (χ0v) is 17.9. The number of aryl methyl sites for hydroxylation is 1. The van der Waals surface area contributed by atoms with Crippen molar-refractivity contribution in [3.63, 3.8) is 0 Å². The predicted octanol–water partition coefficient (Wildman–Crippen LogP) is 5.84. The van der Waals surface area contributed by atoms with Gasteiger partial charge in [0, 0.05) is 22.0 Å². The molecule has 7 heteroatoms. The maximum atomic E-state index is 13.6. The molecule has 4 nitrogen and oxygen atoms in total. The first-order valence-electron chi connectivity index (χ1n) is 9.06. The molecule has 0 aliphatic carbocycles. The average molecular weight is 445 g/mol. The van der Waals surface area contributed by atoms with Crippen LogP contribution in [0.1, 0.15) is 29.2 Å². The van der Waals surface area contributed by atoms with Crippen molar-refractivity contribution >= 4 is 38.9 Å². The van der Waals surface area contributed by atoms with Gasteiger partial charge in [-0.3, -0.25) is 0 Å². The van der Waals surface area contributed by atoms with Gasteiger partial charge in [-0.1, -0.05) is 77.8 Å². The molecule has 0 aromatic heterocycles. The summed E-state index contributed by atoms with van der Waals surface area (Å²) in [5, 5.41) is 5.55. The summed E-state index contributed by atoms with van der Waals surface area (Å²) in [5.41, 5.74) is 2.69. The fourth-order valence-electron chi connectivity index (χ4n) is 3.49. The van der Waals surface area contributed by atoms with Gasteiger partial charge in [-0.05, 0) is 36.2 Å². The molecule has 0 amide bonds. The molecule has 1 heterocycles. The highest BCUT2D eigenvalue weighted by Crippen LogP contribution is 2.40. The topological polar surface area (TPSA) is 49.7 Å². The SMILES string of the molecule is Cc1ccccc1S(=O)(=O)N1N=C(c2ccccc2Cl)C[C@@H]1c1ccccc1Cl. The molecule has 0 saturated carbocycles. The van der Waals surface area contributed by atoms with Gasteiger partial charge in [0.05, 0.1) is 16.6 Å². The van der Waals surface area contributed by atoms with Crippen LogP contribution in [0.15, 0.2) is 82.8 Å². The van der Waals surface area contributed by atoms with Gasteiger partial charge < -0.3 is 0 Å². The number of sulfonamides is 1. The highest BCUT2D eigenvalue weighted by molar-refractivity contribution is 7.89. The molecule has 0 spiro atoms. The van der Waals surface area contributed by atoms with Crippen LogP contribution in [0.25, 0.3) is 0 Å². The van der Waals surface area contributed by atoms with Gasteiger partial charge in [-0.15, -0.1) is 0 Å². The minimum atomic E-state index is -3.89. The van der Waals surface area contributed by atoms with Crippen LogP contribution in [0.4, 0.5) is 0 Å². The lowest BCUT2D eigenvalue weighted by Gasteiger charge is -2.24. The smallest absolute Gasteiger partial charge is 0.200 e. The number of rotatable bonds is 4. The Kier molecular flexibility index (Phi) is 5.38. The van der Waals surface area contributed by atoms with Gasteiger partial charge in [0.25, 0.3) is 10.0 Å². The summed E-state index contributed by atoms with van der Waals surface area (Å²) in [6.45, 7) is 1.77. The lowest BCUT2D eigenvalue weighted by molar-refractivity contribution is 0.371. The second-order valence-corrected chi connectivity index (χ2v) is 9.39. The van der Waals surface area contributed by atoms with Crippen LogP contribution in [-0.4, -0.2) is 18.5 Å². The summed E-state index contributed by atoms with van der Waals surface area (Å²) in [6, 6.07) is 20.9. The lowest BCUT2D eigenvalue weighted by Crippen LogP contribution is -2.28. The van der Waals surface area contributed by atoms with Gasteiger partial charge in [0.2, 0.25) is 0 Å². The molecule has 3 aromatic carbocycles. The highest BCUT2D eigenvalue weighted by Gasteiger charge is 2.39. The first-order chi connectivity index (χ1) is 13.9.